The molecule has 208 valence electrons. The number of methoxy groups -OCH3 is 2. The van der Waals surface area contributed by atoms with Crippen molar-refractivity contribution >= 4 is 24.8 Å². The van der Waals surface area contributed by atoms with Gasteiger partial charge in [-0.25, -0.2) is 0 Å². The van der Waals surface area contributed by atoms with Gasteiger partial charge in [-0.05, 0) is 55.7 Å². The van der Waals surface area contributed by atoms with E-state index in [4.69, 9.17) is 19.9 Å². The number of rotatable bonds is 19. The first kappa shape index (κ1) is 36.4. The smallest absolute Gasteiger partial charge is 0.161 e. The predicted molar refractivity (Wildman–Crippen MR) is 152 cm³/mol. The molecule has 0 bridgehead atoms. The van der Waals surface area contributed by atoms with Crippen molar-refractivity contribution in [2.45, 2.75) is 90.8 Å². The second-order valence-corrected chi connectivity index (χ2v) is 9.66. The molecule has 4 N–H and O–H groups in total. The minimum Gasteiger partial charge on any atom is -0.493 e. The van der Waals surface area contributed by atoms with E-state index in [1.54, 1.807) is 14.2 Å². The molecule has 1 rings (SSSR count). The van der Waals surface area contributed by atoms with Gasteiger partial charge in [0.1, 0.15) is 0 Å². The van der Waals surface area contributed by atoms with Gasteiger partial charge in [-0.1, -0.05) is 46.1 Å². The Kier molecular flexibility index (Phi) is 22.2. The van der Waals surface area contributed by atoms with Crippen molar-refractivity contribution in [1.82, 2.24) is 5.32 Å². The Morgan fingerprint density at radius 2 is 1.71 bits per heavy atom. The second-order valence-electron chi connectivity index (χ2n) is 9.66. The quantitative estimate of drug-likeness (QED) is 0.204. The fourth-order valence-electron chi connectivity index (χ4n) is 4.02. The van der Waals surface area contributed by atoms with Gasteiger partial charge in [-0.3, -0.25) is 0 Å². The van der Waals surface area contributed by atoms with E-state index in [1.807, 2.05) is 6.07 Å². The Balaban J connectivity index is 0. The Bertz CT molecular complexity index is 637. The maximum atomic E-state index is 10.7. The van der Waals surface area contributed by atoms with Gasteiger partial charge in [-0.2, -0.15) is 0 Å². The molecule has 0 unspecified atom stereocenters. The number of halogens is 2. The first-order chi connectivity index (χ1) is 15.8. The maximum Gasteiger partial charge on any atom is 0.161 e. The molecule has 0 aliphatic carbocycles. The van der Waals surface area contributed by atoms with Crippen LogP contribution < -0.4 is 20.5 Å². The minimum absolute atomic E-state index is 0. The standard InChI is InChI=1S/C27H50N2O4.2ClH/c1-7-8-9-11-21(4)29-19-25(30)24(28)18-23(20(2)3)16-22-12-13-26(32-6)27(17-22)33-15-10-14-31-5;;/h12-13,17,20-21,23-25,29-30H,7-11,14-16,18-19,28H2,1-6H3;2*1H/t21-,23+,24+,25+;;/m1../s1. The largest absolute Gasteiger partial charge is 0.493 e. The number of nitrogens with one attached hydrogen (secondary N) is 1. The van der Waals surface area contributed by atoms with Crippen LogP contribution in [0.25, 0.3) is 0 Å². The van der Waals surface area contributed by atoms with Gasteiger partial charge >= 0.3 is 0 Å². The van der Waals surface area contributed by atoms with Crippen LogP contribution in [0.5, 0.6) is 11.5 Å². The summed E-state index contributed by atoms with van der Waals surface area (Å²) in [6.45, 7) is 10.7. The zero-order valence-corrected chi connectivity index (χ0v) is 24.4. The van der Waals surface area contributed by atoms with Crippen molar-refractivity contribution in [2.24, 2.45) is 17.6 Å². The van der Waals surface area contributed by atoms with Crippen molar-refractivity contribution < 1.29 is 19.3 Å². The molecule has 1 aromatic carbocycles. The highest BCUT2D eigenvalue weighted by Crippen LogP contribution is 2.31. The Labute approximate surface area is 226 Å². The van der Waals surface area contributed by atoms with E-state index in [0.717, 1.165) is 37.2 Å². The lowest BCUT2D eigenvalue weighted by Crippen LogP contribution is -2.45. The minimum atomic E-state index is -0.546. The molecule has 0 heterocycles. The number of ether oxygens (including phenoxy) is 3. The van der Waals surface area contributed by atoms with E-state index in [9.17, 15) is 5.11 Å². The summed E-state index contributed by atoms with van der Waals surface area (Å²) in [6, 6.07) is 6.29. The molecule has 0 fully saturated rings. The molecule has 0 spiro atoms. The number of hydrogen-bond donors (Lipinski definition) is 3. The van der Waals surface area contributed by atoms with Crippen LogP contribution in [0.1, 0.15) is 71.8 Å². The van der Waals surface area contributed by atoms with Crippen molar-refractivity contribution in [1.29, 1.82) is 0 Å². The van der Waals surface area contributed by atoms with Crippen molar-refractivity contribution in [2.75, 3.05) is 34.0 Å². The van der Waals surface area contributed by atoms with Crippen molar-refractivity contribution in [3.8, 4) is 11.5 Å². The fourth-order valence-corrected chi connectivity index (χ4v) is 4.02. The number of nitrogens with two attached hydrogens (primary N) is 1. The number of aliphatic hydroxyl groups excluding tert-OH is 1. The summed E-state index contributed by atoms with van der Waals surface area (Å²) in [4.78, 5) is 0. The number of aliphatic hydroxyl groups is 1. The van der Waals surface area contributed by atoms with E-state index in [-0.39, 0.29) is 30.9 Å². The second kappa shape index (κ2) is 21.3. The van der Waals surface area contributed by atoms with Crippen molar-refractivity contribution in [3.63, 3.8) is 0 Å². The average molecular weight is 540 g/mol. The number of unbranched alkanes of at least 4 members (excludes halogenated alkanes) is 2. The molecular formula is C27H52Cl2N2O4. The summed E-state index contributed by atoms with van der Waals surface area (Å²) < 4.78 is 16.5. The van der Waals surface area contributed by atoms with Crippen LogP contribution in [0.4, 0.5) is 0 Å². The van der Waals surface area contributed by atoms with E-state index >= 15 is 0 Å². The molecule has 0 radical (unpaired) electrons. The lowest BCUT2D eigenvalue weighted by molar-refractivity contribution is 0.121. The number of hydrogen-bond acceptors (Lipinski definition) is 6. The molecule has 8 heteroatoms. The Morgan fingerprint density at radius 3 is 2.31 bits per heavy atom. The summed E-state index contributed by atoms with van der Waals surface area (Å²) in [6.07, 6.45) is 6.80. The van der Waals surface area contributed by atoms with Gasteiger partial charge in [0.05, 0.1) is 19.8 Å². The normalized spacial score (nSPS) is 14.4. The molecule has 0 saturated heterocycles. The zero-order valence-electron chi connectivity index (χ0n) is 22.8. The first-order valence-electron chi connectivity index (χ1n) is 12.8. The van der Waals surface area contributed by atoms with Crippen LogP contribution in [-0.2, 0) is 11.2 Å². The lowest BCUT2D eigenvalue weighted by atomic mass is 9.83. The van der Waals surface area contributed by atoms with E-state index < -0.39 is 6.10 Å². The van der Waals surface area contributed by atoms with E-state index in [0.29, 0.717) is 37.6 Å². The molecule has 6 nitrogen and oxygen atoms in total. The molecule has 0 aliphatic heterocycles. The fraction of sp³-hybridized carbons (Fsp3) is 0.778. The Hall–Kier alpha value is -0.760. The molecule has 1 aromatic rings. The third-order valence-corrected chi connectivity index (χ3v) is 6.40. The lowest BCUT2D eigenvalue weighted by Gasteiger charge is -2.28. The van der Waals surface area contributed by atoms with Crippen LogP contribution in [0.2, 0.25) is 0 Å². The van der Waals surface area contributed by atoms with Crippen LogP contribution in [0.15, 0.2) is 18.2 Å². The first-order valence-corrected chi connectivity index (χ1v) is 12.8. The van der Waals surface area contributed by atoms with Gasteiger partial charge in [0.25, 0.3) is 0 Å². The van der Waals surface area contributed by atoms with Gasteiger partial charge in [0, 0.05) is 38.8 Å². The molecule has 4 atom stereocenters. The van der Waals surface area contributed by atoms with Gasteiger partial charge in [-0.15, -0.1) is 24.8 Å². The summed E-state index contributed by atoms with van der Waals surface area (Å²) in [5.41, 5.74) is 7.64. The zero-order chi connectivity index (χ0) is 24.6. The SMILES string of the molecule is CCCCC[C@@H](C)NC[C@H](O)[C@@H](N)C[C@H](Cc1ccc(OC)c(OCCCOC)c1)C(C)C.Cl.Cl. The topological polar surface area (TPSA) is 86.0 Å². The van der Waals surface area contributed by atoms with Crippen molar-refractivity contribution in [3.05, 3.63) is 23.8 Å². The summed E-state index contributed by atoms with van der Waals surface area (Å²) in [5.74, 6) is 2.33. The maximum absolute atomic E-state index is 10.7. The third-order valence-electron chi connectivity index (χ3n) is 6.40. The van der Waals surface area contributed by atoms with Crippen LogP contribution in [0, 0.1) is 11.8 Å². The van der Waals surface area contributed by atoms with Crippen LogP contribution in [0.3, 0.4) is 0 Å². The molecule has 0 amide bonds. The van der Waals surface area contributed by atoms with E-state index in [1.165, 1.54) is 24.8 Å². The number of benzene rings is 1. The molecule has 0 aliphatic rings. The molecular weight excluding hydrogens is 487 g/mol. The summed E-state index contributed by atoms with van der Waals surface area (Å²) >= 11 is 0. The highest BCUT2D eigenvalue weighted by Gasteiger charge is 2.23. The van der Waals surface area contributed by atoms with Crippen LogP contribution in [-0.4, -0.2) is 57.3 Å². The molecule has 0 aromatic heterocycles. The average Bonchev–Trinajstić information content (AvgIpc) is 2.80. The highest BCUT2D eigenvalue weighted by molar-refractivity contribution is 5.85. The van der Waals surface area contributed by atoms with Crippen LogP contribution >= 0.6 is 24.8 Å². The van der Waals surface area contributed by atoms with Gasteiger partial charge in [0.2, 0.25) is 0 Å². The monoisotopic (exact) mass is 538 g/mol. The highest BCUT2D eigenvalue weighted by atomic mass is 35.5. The summed E-state index contributed by atoms with van der Waals surface area (Å²) in [7, 11) is 3.35. The third kappa shape index (κ3) is 15.2. The summed E-state index contributed by atoms with van der Waals surface area (Å²) in [5, 5.41) is 14.1. The molecule has 35 heavy (non-hydrogen) atoms. The van der Waals surface area contributed by atoms with E-state index in [2.05, 4.69) is 45.1 Å². The van der Waals surface area contributed by atoms with Gasteiger partial charge in [0.15, 0.2) is 11.5 Å². The predicted octanol–water partition coefficient (Wildman–Crippen LogP) is 5.41. The van der Waals surface area contributed by atoms with Gasteiger partial charge < -0.3 is 30.4 Å². The molecule has 0 saturated carbocycles. The Morgan fingerprint density at radius 1 is 1.00 bits per heavy atom.